The molecule has 3 rings (SSSR count). The number of carbonyl (C=O) groups is 1. The predicted molar refractivity (Wildman–Crippen MR) is 77.6 cm³/mol. The summed E-state index contributed by atoms with van der Waals surface area (Å²) in [5, 5.41) is 1.57. The molecule has 2 nitrogen and oxygen atoms in total. The maximum atomic E-state index is 11.1. The monoisotopic (exact) mass is 267 g/mol. The van der Waals surface area contributed by atoms with Gasteiger partial charge in [-0.05, 0) is 29.8 Å². The van der Waals surface area contributed by atoms with E-state index >= 15 is 0 Å². The molecule has 0 aliphatic carbocycles. The van der Waals surface area contributed by atoms with Crippen LogP contribution in [0, 0.1) is 0 Å². The number of aldehydes is 1. The summed E-state index contributed by atoms with van der Waals surface area (Å²) in [4.78, 5) is 15.5. The van der Waals surface area contributed by atoms with Gasteiger partial charge in [-0.15, -0.1) is 0 Å². The fourth-order valence-electron chi connectivity index (χ4n) is 2.08. The van der Waals surface area contributed by atoms with Crippen molar-refractivity contribution in [2.75, 3.05) is 0 Å². The highest BCUT2D eigenvalue weighted by atomic mass is 35.5. The van der Waals surface area contributed by atoms with E-state index in [0.29, 0.717) is 10.6 Å². The van der Waals surface area contributed by atoms with Gasteiger partial charge in [0.2, 0.25) is 0 Å². The van der Waals surface area contributed by atoms with Gasteiger partial charge in [-0.3, -0.25) is 9.78 Å². The molecule has 2 aromatic carbocycles. The number of rotatable bonds is 2. The smallest absolute Gasteiger partial charge is 0.150 e. The normalized spacial score (nSPS) is 10.6. The van der Waals surface area contributed by atoms with Crippen molar-refractivity contribution in [3.8, 4) is 11.1 Å². The fourth-order valence-corrected chi connectivity index (χ4v) is 2.20. The Balaban J connectivity index is 2.20. The van der Waals surface area contributed by atoms with Crippen molar-refractivity contribution < 1.29 is 4.79 Å². The van der Waals surface area contributed by atoms with Crippen LogP contribution in [0.5, 0.6) is 0 Å². The molecule has 0 bridgehead atoms. The van der Waals surface area contributed by atoms with Gasteiger partial charge in [0, 0.05) is 27.7 Å². The van der Waals surface area contributed by atoms with E-state index in [2.05, 4.69) is 4.98 Å². The Kier molecular flexibility index (Phi) is 3.02. The minimum atomic E-state index is 0.654. The predicted octanol–water partition coefficient (Wildman–Crippen LogP) is 4.37. The lowest BCUT2D eigenvalue weighted by Gasteiger charge is -2.05. The Hall–Kier alpha value is -2.19. The van der Waals surface area contributed by atoms with E-state index in [-0.39, 0.29) is 0 Å². The molecule has 0 radical (unpaired) electrons. The average molecular weight is 268 g/mol. The first kappa shape index (κ1) is 11.9. The van der Waals surface area contributed by atoms with Gasteiger partial charge < -0.3 is 0 Å². The van der Waals surface area contributed by atoms with Gasteiger partial charge >= 0.3 is 0 Å². The van der Waals surface area contributed by atoms with Gasteiger partial charge in [-0.1, -0.05) is 35.9 Å². The molecule has 3 aromatic rings. The minimum absolute atomic E-state index is 0.654. The van der Waals surface area contributed by atoms with Crippen LogP contribution < -0.4 is 0 Å². The number of carbonyl (C=O) groups excluding carboxylic acids is 1. The quantitative estimate of drug-likeness (QED) is 0.646. The van der Waals surface area contributed by atoms with Crippen LogP contribution in [-0.2, 0) is 0 Å². The highest BCUT2D eigenvalue weighted by Crippen LogP contribution is 2.25. The van der Waals surface area contributed by atoms with Gasteiger partial charge in [-0.25, -0.2) is 0 Å². The van der Waals surface area contributed by atoms with E-state index in [1.54, 1.807) is 12.3 Å². The highest BCUT2D eigenvalue weighted by Gasteiger charge is 2.04. The van der Waals surface area contributed by atoms with Gasteiger partial charge in [0.05, 0.1) is 5.52 Å². The summed E-state index contributed by atoms with van der Waals surface area (Å²) in [6, 6.07) is 15.1. The van der Waals surface area contributed by atoms with Gasteiger partial charge in [0.1, 0.15) is 0 Å². The Morgan fingerprint density at radius 3 is 2.53 bits per heavy atom. The van der Waals surface area contributed by atoms with Crippen LogP contribution in [0.4, 0.5) is 0 Å². The topological polar surface area (TPSA) is 30.0 Å². The molecule has 0 saturated heterocycles. The molecule has 1 aromatic heterocycles. The molecule has 92 valence electrons. The number of benzene rings is 2. The Morgan fingerprint density at radius 1 is 1.00 bits per heavy atom. The van der Waals surface area contributed by atoms with Crippen molar-refractivity contribution in [1.82, 2.24) is 4.98 Å². The molecule has 1 heterocycles. The molecule has 0 atom stereocenters. The second-order valence-electron chi connectivity index (χ2n) is 4.26. The van der Waals surface area contributed by atoms with E-state index in [1.807, 2.05) is 42.5 Å². The molecule has 0 fully saturated rings. The number of halogens is 1. The minimum Gasteiger partial charge on any atom is -0.298 e. The van der Waals surface area contributed by atoms with E-state index in [0.717, 1.165) is 28.3 Å². The molecule has 3 heteroatoms. The summed E-state index contributed by atoms with van der Waals surface area (Å²) in [5.41, 5.74) is 3.47. The zero-order valence-electron chi connectivity index (χ0n) is 10.0. The zero-order chi connectivity index (χ0) is 13.2. The van der Waals surface area contributed by atoms with Gasteiger partial charge in [0.15, 0.2) is 6.29 Å². The van der Waals surface area contributed by atoms with E-state index in [4.69, 9.17) is 11.6 Å². The van der Waals surface area contributed by atoms with Crippen LogP contribution in [0.3, 0.4) is 0 Å². The number of hydrogen-bond donors (Lipinski definition) is 0. The molecule has 0 aliphatic heterocycles. The van der Waals surface area contributed by atoms with Crippen molar-refractivity contribution in [3.05, 3.63) is 65.3 Å². The lowest BCUT2D eigenvalue weighted by molar-refractivity contribution is 0.112. The molecular formula is C16H10ClNO. The van der Waals surface area contributed by atoms with Crippen LogP contribution in [0.2, 0.25) is 5.02 Å². The van der Waals surface area contributed by atoms with E-state index in [9.17, 15) is 4.79 Å². The van der Waals surface area contributed by atoms with Crippen molar-refractivity contribution in [1.29, 1.82) is 0 Å². The Morgan fingerprint density at radius 2 is 1.79 bits per heavy atom. The molecule has 0 spiro atoms. The summed E-state index contributed by atoms with van der Waals surface area (Å²) in [7, 11) is 0. The van der Waals surface area contributed by atoms with Crippen molar-refractivity contribution in [3.63, 3.8) is 0 Å². The van der Waals surface area contributed by atoms with E-state index < -0.39 is 0 Å². The molecule has 0 unspecified atom stereocenters. The summed E-state index contributed by atoms with van der Waals surface area (Å²) in [5.74, 6) is 0. The molecule has 19 heavy (non-hydrogen) atoms. The first-order valence-electron chi connectivity index (χ1n) is 5.88. The molecule has 0 saturated carbocycles. The summed E-state index contributed by atoms with van der Waals surface area (Å²) in [6.45, 7) is 0. The third-order valence-corrected chi connectivity index (χ3v) is 3.32. The second-order valence-corrected chi connectivity index (χ2v) is 4.70. The first-order chi connectivity index (χ1) is 9.28. The van der Waals surface area contributed by atoms with Crippen LogP contribution in [0.25, 0.3) is 22.0 Å². The van der Waals surface area contributed by atoms with Crippen molar-refractivity contribution >= 4 is 28.8 Å². The largest absolute Gasteiger partial charge is 0.298 e. The summed E-state index contributed by atoms with van der Waals surface area (Å²) >= 11 is 5.88. The lowest BCUT2D eigenvalue weighted by atomic mass is 10.0. The molecule has 0 amide bonds. The highest BCUT2D eigenvalue weighted by molar-refractivity contribution is 6.30. The molecular weight excluding hydrogens is 258 g/mol. The number of fused-ring (bicyclic) bond motifs is 1. The van der Waals surface area contributed by atoms with Gasteiger partial charge in [-0.2, -0.15) is 0 Å². The second kappa shape index (κ2) is 4.82. The van der Waals surface area contributed by atoms with Crippen molar-refractivity contribution in [2.24, 2.45) is 0 Å². The number of nitrogens with zero attached hydrogens (tertiary/aromatic N) is 1. The third kappa shape index (κ3) is 2.23. The summed E-state index contributed by atoms with van der Waals surface area (Å²) < 4.78 is 0. The first-order valence-corrected chi connectivity index (χ1v) is 6.25. The van der Waals surface area contributed by atoms with Crippen LogP contribution in [0.1, 0.15) is 10.4 Å². The zero-order valence-corrected chi connectivity index (χ0v) is 10.8. The Labute approximate surface area is 115 Å². The Bertz CT molecular complexity index is 750. The fraction of sp³-hybridized carbons (Fsp3) is 0. The molecule has 0 aliphatic rings. The maximum absolute atomic E-state index is 11.1. The van der Waals surface area contributed by atoms with Crippen LogP contribution in [-0.4, -0.2) is 11.3 Å². The lowest BCUT2D eigenvalue weighted by Crippen LogP contribution is -1.87. The van der Waals surface area contributed by atoms with E-state index in [1.165, 1.54) is 0 Å². The summed E-state index contributed by atoms with van der Waals surface area (Å²) in [6.07, 6.45) is 2.66. The average Bonchev–Trinajstić information content (AvgIpc) is 2.47. The van der Waals surface area contributed by atoms with Crippen LogP contribution in [0.15, 0.2) is 54.7 Å². The SMILES string of the molecule is O=Cc1cccc2ncc(-c3ccc(Cl)cc3)cc12. The molecule has 0 N–H and O–H groups in total. The third-order valence-electron chi connectivity index (χ3n) is 3.06. The maximum Gasteiger partial charge on any atom is 0.150 e. The van der Waals surface area contributed by atoms with Crippen molar-refractivity contribution in [2.45, 2.75) is 0 Å². The van der Waals surface area contributed by atoms with Crippen LogP contribution >= 0.6 is 11.6 Å². The number of aromatic nitrogens is 1. The standard InChI is InChI=1S/C16H10ClNO/c17-14-6-4-11(5-7-14)13-8-15-12(10-19)2-1-3-16(15)18-9-13/h1-10H. The number of hydrogen-bond acceptors (Lipinski definition) is 2. The van der Waals surface area contributed by atoms with Gasteiger partial charge in [0.25, 0.3) is 0 Å². The number of pyridine rings is 1.